The van der Waals surface area contributed by atoms with E-state index in [1.54, 1.807) is 11.3 Å². The SMILES string of the molecule is CCCC(CCC)C(=O)c1sccc1C. The van der Waals surface area contributed by atoms with Crippen molar-refractivity contribution in [2.24, 2.45) is 5.92 Å². The summed E-state index contributed by atoms with van der Waals surface area (Å²) in [4.78, 5) is 13.2. The fraction of sp³-hybridized carbons (Fsp3) is 0.615. The highest BCUT2D eigenvalue weighted by atomic mass is 32.1. The number of thiophene rings is 1. The zero-order valence-electron chi connectivity index (χ0n) is 9.88. The summed E-state index contributed by atoms with van der Waals surface area (Å²) in [5, 5.41) is 2.01. The molecule has 0 unspecified atom stereocenters. The molecule has 0 fully saturated rings. The summed E-state index contributed by atoms with van der Waals surface area (Å²) in [7, 11) is 0. The number of aryl methyl sites for hydroxylation is 1. The zero-order chi connectivity index (χ0) is 11.3. The summed E-state index contributed by atoms with van der Waals surface area (Å²) in [6, 6.07) is 2.03. The molecule has 0 atom stereocenters. The Morgan fingerprint density at radius 3 is 2.33 bits per heavy atom. The second kappa shape index (κ2) is 6.06. The van der Waals surface area contributed by atoms with Crippen LogP contribution in [0.4, 0.5) is 0 Å². The molecule has 0 aliphatic heterocycles. The molecule has 0 aromatic carbocycles. The van der Waals surface area contributed by atoms with Gasteiger partial charge >= 0.3 is 0 Å². The molecule has 0 spiro atoms. The molecule has 2 heteroatoms. The van der Waals surface area contributed by atoms with Crippen molar-refractivity contribution in [2.45, 2.75) is 46.5 Å². The molecule has 0 N–H and O–H groups in total. The van der Waals surface area contributed by atoms with Crippen molar-refractivity contribution in [2.75, 3.05) is 0 Å². The zero-order valence-corrected chi connectivity index (χ0v) is 10.7. The predicted octanol–water partition coefficient (Wildman–Crippen LogP) is 4.46. The number of ketones is 1. The van der Waals surface area contributed by atoms with E-state index in [0.29, 0.717) is 5.78 Å². The molecule has 0 aliphatic rings. The van der Waals surface area contributed by atoms with Crippen LogP contribution in [-0.4, -0.2) is 5.78 Å². The van der Waals surface area contributed by atoms with Crippen LogP contribution in [0.1, 0.15) is 54.8 Å². The summed E-state index contributed by atoms with van der Waals surface area (Å²) in [5.41, 5.74) is 1.14. The summed E-state index contributed by atoms with van der Waals surface area (Å²) in [6.45, 7) is 6.33. The maximum Gasteiger partial charge on any atom is 0.176 e. The molecule has 1 aromatic heterocycles. The minimum Gasteiger partial charge on any atom is -0.293 e. The highest BCUT2D eigenvalue weighted by Gasteiger charge is 2.20. The molecule has 0 saturated carbocycles. The standard InChI is InChI=1S/C13H20OS/c1-4-6-11(7-5-2)12(14)13-10(3)8-9-15-13/h8-9,11H,4-7H2,1-3H3. The van der Waals surface area contributed by atoms with E-state index in [2.05, 4.69) is 13.8 Å². The molecular weight excluding hydrogens is 204 g/mol. The summed E-state index contributed by atoms with van der Waals surface area (Å²) < 4.78 is 0. The van der Waals surface area contributed by atoms with Crippen LogP contribution in [0.3, 0.4) is 0 Å². The highest BCUT2D eigenvalue weighted by molar-refractivity contribution is 7.12. The summed E-state index contributed by atoms with van der Waals surface area (Å²) >= 11 is 1.59. The van der Waals surface area contributed by atoms with Crippen LogP contribution in [0, 0.1) is 12.8 Å². The largest absolute Gasteiger partial charge is 0.293 e. The number of hydrogen-bond donors (Lipinski definition) is 0. The molecule has 0 aliphatic carbocycles. The summed E-state index contributed by atoms with van der Waals surface area (Å²) in [6.07, 6.45) is 4.26. The third kappa shape index (κ3) is 3.16. The van der Waals surface area contributed by atoms with E-state index >= 15 is 0 Å². The van der Waals surface area contributed by atoms with Crippen LogP contribution >= 0.6 is 11.3 Å². The monoisotopic (exact) mass is 224 g/mol. The molecular formula is C13H20OS. The van der Waals surface area contributed by atoms with Crippen LogP contribution in [0.2, 0.25) is 0 Å². The maximum absolute atomic E-state index is 12.2. The highest BCUT2D eigenvalue weighted by Crippen LogP contribution is 2.24. The molecule has 1 aromatic rings. The lowest BCUT2D eigenvalue weighted by atomic mass is 9.92. The van der Waals surface area contributed by atoms with Gasteiger partial charge in [0.1, 0.15) is 0 Å². The number of carbonyl (C=O) groups excluding carboxylic acids is 1. The fourth-order valence-electron chi connectivity index (χ4n) is 1.91. The van der Waals surface area contributed by atoms with Gasteiger partial charge in [0.05, 0.1) is 4.88 Å². The average Bonchev–Trinajstić information content (AvgIpc) is 2.63. The Morgan fingerprint density at radius 1 is 1.33 bits per heavy atom. The van der Waals surface area contributed by atoms with E-state index in [1.165, 1.54) is 0 Å². The molecule has 84 valence electrons. The Labute approximate surface area is 96.5 Å². The average molecular weight is 224 g/mol. The molecule has 0 amide bonds. The van der Waals surface area contributed by atoms with Crippen molar-refractivity contribution in [3.8, 4) is 0 Å². The Bertz CT molecular complexity index is 308. The van der Waals surface area contributed by atoms with Crippen LogP contribution < -0.4 is 0 Å². The Balaban J connectivity index is 2.76. The topological polar surface area (TPSA) is 17.1 Å². The lowest BCUT2D eigenvalue weighted by Crippen LogP contribution is -2.14. The van der Waals surface area contributed by atoms with E-state index in [1.807, 2.05) is 18.4 Å². The third-order valence-electron chi connectivity index (χ3n) is 2.73. The fourth-order valence-corrected chi connectivity index (χ4v) is 2.86. The van der Waals surface area contributed by atoms with E-state index in [9.17, 15) is 4.79 Å². The van der Waals surface area contributed by atoms with Crippen molar-refractivity contribution < 1.29 is 4.79 Å². The Morgan fingerprint density at radius 2 is 1.93 bits per heavy atom. The van der Waals surface area contributed by atoms with Crippen LogP contribution in [-0.2, 0) is 0 Å². The van der Waals surface area contributed by atoms with Gasteiger partial charge in [-0.05, 0) is 36.8 Å². The van der Waals surface area contributed by atoms with E-state index < -0.39 is 0 Å². The molecule has 1 rings (SSSR count). The molecule has 1 nitrogen and oxygen atoms in total. The minimum atomic E-state index is 0.248. The van der Waals surface area contributed by atoms with Gasteiger partial charge in [0.15, 0.2) is 5.78 Å². The predicted molar refractivity (Wildman–Crippen MR) is 66.7 cm³/mol. The van der Waals surface area contributed by atoms with Crippen LogP contribution in [0.25, 0.3) is 0 Å². The van der Waals surface area contributed by atoms with E-state index in [4.69, 9.17) is 0 Å². The maximum atomic E-state index is 12.2. The van der Waals surface area contributed by atoms with Crippen molar-refractivity contribution in [3.05, 3.63) is 21.9 Å². The number of carbonyl (C=O) groups is 1. The van der Waals surface area contributed by atoms with Crippen molar-refractivity contribution >= 4 is 17.1 Å². The van der Waals surface area contributed by atoms with Gasteiger partial charge in [-0.2, -0.15) is 0 Å². The molecule has 0 bridgehead atoms. The van der Waals surface area contributed by atoms with Crippen molar-refractivity contribution in [1.29, 1.82) is 0 Å². The van der Waals surface area contributed by atoms with Gasteiger partial charge in [0, 0.05) is 5.92 Å². The number of Topliss-reactive ketones (excluding diaryl/α,β-unsaturated/α-hetero) is 1. The van der Waals surface area contributed by atoms with Gasteiger partial charge in [-0.1, -0.05) is 26.7 Å². The first-order valence-electron chi connectivity index (χ1n) is 5.79. The smallest absolute Gasteiger partial charge is 0.176 e. The van der Waals surface area contributed by atoms with Crippen LogP contribution in [0.5, 0.6) is 0 Å². The van der Waals surface area contributed by atoms with Gasteiger partial charge in [-0.3, -0.25) is 4.79 Å². The molecule has 0 saturated heterocycles. The Kier molecular flexibility index (Phi) is 5.03. The van der Waals surface area contributed by atoms with Crippen molar-refractivity contribution in [3.63, 3.8) is 0 Å². The van der Waals surface area contributed by atoms with Crippen molar-refractivity contribution in [1.82, 2.24) is 0 Å². The first kappa shape index (κ1) is 12.4. The van der Waals surface area contributed by atoms with Gasteiger partial charge in [0.2, 0.25) is 0 Å². The molecule has 15 heavy (non-hydrogen) atoms. The second-order valence-electron chi connectivity index (χ2n) is 4.07. The number of rotatable bonds is 6. The van der Waals surface area contributed by atoms with E-state index in [0.717, 1.165) is 36.1 Å². The second-order valence-corrected chi connectivity index (χ2v) is 4.99. The third-order valence-corrected chi connectivity index (χ3v) is 3.76. The van der Waals surface area contributed by atoms with E-state index in [-0.39, 0.29) is 5.92 Å². The Hall–Kier alpha value is -0.630. The first-order valence-corrected chi connectivity index (χ1v) is 6.66. The van der Waals surface area contributed by atoms with Gasteiger partial charge in [-0.15, -0.1) is 11.3 Å². The first-order chi connectivity index (χ1) is 7.20. The lowest BCUT2D eigenvalue weighted by Gasteiger charge is -2.13. The molecule has 1 heterocycles. The van der Waals surface area contributed by atoms with Gasteiger partial charge in [-0.25, -0.2) is 0 Å². The van der Waals surface area contributed by atoms with Crippen LogP contribution in [0.15, 0.2) is 11.4 Å². The van der Waals surface area contributed by atoms with Gasteiger partial charge in [0.25, 0.3) is 0 Å². The number of hydrogen-bond acceptors (Lipinski definition) is 2. The molecule has 0 radical (unpaired) electrons. The minimum absolute atomic E-state index is 0.248. The summed E-state index contributed by atoms with van der Waals surface area (Å²) in [5.74, 6) is 0.614. The quantitative estimate of drug-likeness (QED) is 0.652. The lowest BCUT2D eigenvalue weighted by molar-refractivity contribution is 0.0908. The van der Waals surface area contributed by atoms with Gasteiger partial charge < -0.3 is 0 Å². The normalized spacial score (nSPS) is 10.9.